The summed E-state index contributed by atoms with van der Waals surface area (Å²) in [6.45, 7) is 2.79. The van der Waals surface area contributed by atoms with Crippen molar-refractivity contribution >= 4 is 40.2 Å². The van der Waals surface area contributed by atoms with E-state index >= 15 is 0 Å². The minimum Gasteiger partial charge on any atom is -0.504 e. The minimum atomic E-state index is -0.443. The predicted octanol–water partition coefficient (Wildman–Crippen LogP) is 1.81. The van der Waals surface area contributed by atoms with Crippen molar-refractivity contribution in [1.29, 1.82) is 0 Å². The molecule has 0 spiro atoms. The fourth-order valence-electron chi connectivity index (χ4n) is 2.17. The number of aromatic hydroxyl groups is 2. The van der Waals surface area contributed by atoms with Gasteiger partial charge in [0.25, 0.3) is 5.91 Å². The molecule has 1 saturated heterocycles. The summed E-state index contributed by atoms with van der Waals surface area (Å²) in [5.41, 5.74) is 3.06. The molecule has 2 heterocycles. The first-order chi connectivity index (χ1) is 12.0. The Kier molecular flexibility index (Phi) is 5.37. The van der Waals surface area contributed by atoms with Crippen molar-refractivity contribution in [2.24, 2.45) is 5.10 Å². The van der Waals surface area contributed by atoms with Gasteiger partial charge >= 0.3 is 0 Å². The third-order valence-corrected chi connectivity index (χ3v) is 4.64. The predicted molar refractivity (Wildman–Crippen MR) is 95.0 cm³/mol. The quantitative estimate of drug-likeness (QED) is 0.423. The topological polar surface area (TPSA) is 107 Å². The highest BCUT2D eigenvalue weighted by Gasteiger charge is 2.17. The Balaban J connectivity index is 1.62. The van der Waals surface area contributed by atoms with Gasteiger partial charge in [-0.05, 0) is 17.7 Å². The summed E-state index contributed by atoms with van der Waals surface area (Å²) in [7, 11) is 0. The number of rotatable bonds is 4. The lowest BCUT2D eigenvalue weighted by atomic mass is 10.2. The first-order valence-electron chi connectivity index (χ1n) is 7.37. The Hall–Kier alpha value is -2.36. The standard InChI is InChI=1S/C15H15ClN4O4S/c16-10-5-9(6-12(21)13(10)22)7-17-19-14(23)11-8-25-15(18-11)20-1-3-24-4-2-20/h5-8,21-22H,1-4H2,(H,19,23)/b17-7+. The lowest BCUT2D eigenvalue weighted by Gasteiger charge is -2.25. The number of hydrogen-bond acceptors (Lipinski definition) is 8. The monoisotopic (exact) mass is 382 g/mol. The summed E-state index contributed by atoms with van der Waals surface area (Å²) >= 11 is 7.14. The molecule has 10 heteroatoms. The van der Waals surface area contributed by atoms with Crippen molar-refractivity contribution in [3.8, 4) is 11.5 Å². The normalized spacial score (nSPS) is 14.8. The molecule has 0 bridgehead atoms. The molecule has 25 heavy (non-hydrogen) atoms. The number of thiazole rings is 1. The highest BCUT2D eigenvalue weighted by atomic mass is 35.5. The highest BCUT2D eigenvalue weighted by molar-refractivity contribution is 7.13. The lowest BCUT2D eigenvalue weighted by Crippen LogP contribution is -2.36. The van der Waals surface area contributed by atoms with Crippen LogP contribution in [-0.2, 0) is 4.74 Å². The van der Waals surface area contributed by atoms with Crippen LogP contribution in [0.5, 0.6) is 11.5 Å². The molecule has 0 atom stereocenters. The first kappa shape index (κ1) is 17.5. The maximum absolute atomic E-state index is 12.1. The number of morpholine rings is 1. The molecule has 0 radical (unpaired) electrons. The average molecular weight is 383 g/mol. The van der Waals surface area contributed by atoms with Gasteiger partial charge in [-0.25, -0.2) is 10.4 Å². The average Bonchev–Trinajstić information content (AvgIpc) is 3.10. The van der Waals surface area contributed by atoms with E-state index in [9.17, 15) is 15.0 Å². The Morgan fingerprint density at radius 1 is 1.40 bits per heavy atom. The number of hydrazone groups is 1. The van der Waals surface area contributed by atoms with Gasteiger partial charge in [0.15, 0.2) is 16.6 Å². The number of phenols is 2. The second-order valence-electron chi connectivity index (χ2n) is 5.18. The second-order valence-corrected chi connectivity index (χ2v) is 6.43. The number of aromatic nitrogens is 1. The molecule has 1 aromatic heterocycles. The van der Waals surface area contributed by atoms with E-state index in [0.717, 1.165) is 18.2 Å². The summed E-state index contributed by atoms with van der Waals surface area (Å²) in [4.78, 5) is 18.5. The van der Waals surface area contributed by atoms with E-state index in [1.165, 1.54) is 29.7 Å². The van der Waals surface area contributed by atoms with Gasteiger partial charge in [0.2, 0.25) is 0 Å². The summed E-state index contributed by atoms with van der Waals surface area (Å²) in [6, 6.07) is 2.68. The third kappa shape index (κ3) is 4.19. The Bertz CT molecular complexity index is 782. The molecule has 2 aromatic rings. The number of carbonyl (C=O) groups excluding carboxylic acids is 1. The zero-order valence-electron chi connectivity index (χ0n) is 13.0. The Morgan fingerprint density at radius 3 is 2.88 bits per heavy atom. The summed E-state index contributed by atoms with van der Waals surface area (Å²) in [6.07, 6.45) is 1.30. The van der Waals surface area contributed by atoms with Gasteiger partial charge in [0.1, 0.15) is 5.69 Å². The van der Waals surface area contributed by atoms with Crippen LogP contribution in [0.2, 0.25) is 5.02 Å². The zero-order chi connectivity index (χ0) is 17.8. The van der Waals surface area contributed by atoms with Crippen LogP contribution in [0, 0.1) is 0 Å². The van der Waals surface area contributed by atoms with Gasteiger partial charge in [-0.15, -0.1) is 11.3 Å². The summed E-state index contributed by atoms with van der Waals surface area (Å²) in [5, 5.41) is 25.1. The molecular weight excluding hydrogens is 368 g/mol. The number of nitrogens with one attached hydrogen (secondary N) is 1. The fourth-order valence-corrected chi connectivity index (χ4v) is 3.25. The van der Waals surface area contributed by atoms with Crippen LogP contribution in [0.1, 0.15) is 16.1 Å². The van der Waals surface area contributed by atoms with Crippen molar-refractivity contribution in [2.75, 3.05) is 31.2 Å². The molecule has 8 nitrogen and oxygen atoms in total. The van der Waals surface area contributed by atoms with Crippen molar-refractivity contribution in [1.82, 2.24) is 10.4 Å². The van der Waals surface area contributed by atoms with Crippen LogP contribution in [0.3, 0.4) is 0 Å². The number of anilines is 1. The van der Waals surface area contributed by atoms with E-state index in [1.54, 1.807) is 5.38 Å². The molecule has 1 amide bonds. The maximum atomic E-state index is 12.1. The number of amides is 1. The van der Waals surface area contributed by atoms with Crippen LogP contribution in [0.25, 0.3) is 0 Å². The fraction of sp³-hybridized carbons (Fsp3) is 0.267. The molecule has 1 fully saturated rings. The van der Waals surface area contributed by atoms with E-state index in [2.05, 4.69) is 20.4 Å². The molecule has 0 saturated carbocycles. The number of nitrogens with zero attached hydrogens (tertiary/aromatic N) is 3. The number of phenolic OH excluding ortho intramolecular Hbond substituents is 2. The molecule has 1 aromatic carbocycles. The van der Waals surface area contributed by atoms with Gasteiger partial charge in [-0.2, -0.15) is 5.10 Å². The minimum absolute atomic E-state index is 0.0116. The van der Waals surface area contributed by atoms with Crippen LogP contribution >= 0.6 is 22.9 Å². The molecule has 1 aliphatic heterocycles. The van der Waals surface area contributed by atoms with Gasteiger partial charge in [0, 0.05) is 18.5 Å². The van der Waals surface area contributed by atoms with E-state index < -0.39 is 11.7 Å². The van der Waals surface area contributed by atoms with Crippen molar-refractivity contribution in [2.45, 2.75) is 0 Å². The van der Waals surface area contributed by atoms with E-state index in [1.807, 2.05) is 0 Å². The highest BCUT2D eigenvalue weighted by Crippen LogP contribution is 2.33. The van der Waals surface area contributed by atoms with E-state index in [-0.39, 0.29) is 16.5 Å². The van der Waals surface area contributed by atoms with Crippen molar-refractivity contribution in [3.63, 3.8) is 0 Å². The zero-order valence-corrected chi connectivity index (χ0v) is 14.5. The molecule has 3 N–H and O–H groups in total. The van der Waals surface area contributed by atoms with Crippen LogP contribution in [0.15, 0.2) is 22.6 Å². The molecular formula is C15H15ClN4O4S. The third-order valence-electron chi connectivity index (χ3n) is 3.45. The summed E-state index contributed by atoms with van der Waals surface area (Å²) < 4.78 is 5.29. The smallest absolute Gasteiger partial charge is 0.290 e. The Morgan fingerprint density at radius 2 is 2.16 bits per heavy atom. The lowest BCUT2D eigenvalue weighted by molar-refractivity contribution is 0.0951. The van der Waals surface area contributed by atoms with Gasteiger partial charge in [-0.3, -0.25) is 4.79 Å². The van der Waals surface area contributed by atoms with E-state index in [0.29, 0.717) is 18.8 Å². The van der Waals surface area contributed by atoms with Gasteiger partial charge < -0.3 is 19.8 Å². The van der Waals surface area contributed by atoms with Crippen molar-refractivity contribution < 1.29 is 19.7 Å². The number of ether oxygens (including phenoxy) is 1. The van der Waals surface area contributed by atoms with Crippen LogP contribution in [0.4, 0.5) is 5.13 Å². The van der Waals surface area contributed by atoms with E-state index in [4.69, 9.17) is 16.3 Å². The molecule has 3 rings (SSSR count). The molecule has 132 valence electrons. The number of carbonyl (C=O) groups is 1. The SMILES string of the molecule is O=C(N/N=C/c1cc(O)c(O)c(Cl)c1)c1csc(N2CCOCC2)n1. The van der Waals surface area contributed by atoms with Gasteiger partial charge in [-0.1, -0.05) is 11.6 Å². The van der Waals surface area contributed by atoms with Crippen LogP contribution < -0.4 is 10.3 Å². The second kappa shape index (κ2) is 7.68. The number of benzene rings is 1. The molecule has 1 aliphatic rings. The first-order valence-corrected chi connectivity index (χ1v) is 8.63. The van der Waals surface area contributed by atoms with Crippen molar-refractivity contribution in [3.05, 3.63) is 33.8 Å². The van der Waals surface area contributed by atoms with Crippen LogP contribution in [-0.4, -0.2) is 53.6 Å². The largest absolute Gasteiger partial charge is 0.504 e. The number of halogens is 1. The number of hydrogen-bond donors (Lipinski definition) is 3. The maximum Gasteiger partial charge on any atom is 0.290 e. The molecule has 0 unspecified atom stereocenters. The van der Waals surface area contributed by atoms with Gasteiger partial charge in [0.05, 0.1) is 24.5 Å². The molecule has 0 aliphatic carbocycles. The Labute approximate surface area is 152 Å². The summed E-state index contributed by atoms with van der Waals surface area (Å²) in [5.74, 6) is -1.21.